The van der Waals surface area contributed by atoms with Crippen molar-refractivity contribution >= 4 is 29.0 Å². The van der Waals surface area contributed by atoms with Crippen molar-refractivity contribution in [3.8, 4) is 11.5 Å². The lowest BCUT2D eigenvalue weighted by atomic mass is 10.2. The quantitative estimate of drug-likeness (QED) is 0.490. The van der Waals surface area contributed by atoms with Crippen LogP contribution in [0.1, 0.15) is 5.56 Å². The molecule has 0 unspecified atom stereocenters. The molecule has 1 N–H and O–H groups in total. The van der Waals surface area contributed by atoms with E-state index in [0.717, 1.165) is 23.9 Å². The molecule has 0 aliphatic heterocycles. The van der Waals surface area contributed by atoms with Gasteiger partial charge >= 0.3 is 6.18 Å². The molecule has 0 fully saturated rings. The van der Waals surface area contributed by atoms with Crippen LogP contribution in [0.3, 0.4) is 0 Å². The van der Waals surface area contributed by atoms with E-state index in [-0.39, 0.29) is 11.4 Å². The number of hydrogen-bond donors (Lipinski definition) is 1. The third-order valence-electron chi connectivity index (χ3n) is 3.84. The van der Waals surface area contributed by atoms with Gasteiger partial charge in [-0.15, -0.1) is 10.2 Å². The zero-order chi connectivity index (χ0) is 20.4. The van der Waals surface area contributed by atoms with Crippen LogP contribution in [0.25, 0.3) is 17.1 Å². The van der Waals surface area contributed by atoms with E-state index in [4.69, 9.17) is 4.42 Å². The molecular weight excluding hydrogens is 407 g/mol. The van der Waals surface area contributed by atoms with E-state index in [1.165, 1.54) is 22.9 Å². The van der Waals surface area contributed by atoms with E-state index in [2.05, 4.69) is 20.6 Å². The first-order chi connectivity index (χ1) is 13.9. The summed E-state index contributed by atoms with van der Waals surface area (Å²) in [5.74, 6) is 0.166. The molecule has 0 aliphatic carbocycles. The lowest BCUT2D eigenvalue weighted by Crippen LogP contribution is -2.14. The lowest BCUT2D eigenvalue weighted by Gasteiger charge is -2.08. The SMILES string of the molecule is O=C(CSc1nnc2ccc(-c3ccco3)nn12)Nc1ccc(C(F)(F)F)cc1. The Morgan fingerprint density at radius 3 is 2.59 bits per heavy atom. The molecule has 0 saturated heterocycles. The maximum absolute atomic E-state index is 12.6. The molecular formula is C18H12F3N5O2S. The monoisotopic (exact) mass is 419 g/mol. The fourth-order valence-electron chi connectivity index (χ4n) is 2.48. The number of nitrogens with zero attached hydrogens (tertiary/aromatic N) is 4. The minimum absolute atomic E-state index is 0.0194. The predicted molar refractivity (Wildman–Crippen MR) is 99.3 cm³/mol. The largest absolute Gasteiger partial charge is 0.463 e. The minimum atomic E-state index is -4.42. The van der Waals surface area contributed by atoms with Crippen LogP contribution < -0.4 is 5.32 Å². The van der Waals surface area contributed by atoms with Crippen molar-refractivity contribution in [2.75, 3.05) is 11.1 Å². The number of nitrogens with one attached hydrogen (secondary N) is 1. The Bertz CT molecular complexity index is 1140. The number of alkyl halides is 3. The molecule has 4 rings (SSSR count). The zero-order valence-electron chi connectivity index (χ0n) is 14.6. The highest BCUT2D eigenvalue weighted by Crippen LogP contribution is 2.30. The first-order valence-electron chi connectivity index (χ1n) is 8.26. The average molecular weight is 419 g/mol. The van der Waals surface area contributed by atoms with Gasteiger partial charge in [0.2, 0.25) is 11.1 Å². The van der Waals surface area contributed by atoms with Crippen molar-refractivity contribution in [3.63, 3.8) is 0 Å². The van der Waals surface area contributed by atoms with E-state index in [1.807, 2.05) is 0 Å². The molecule has 3 heterocycles. The number of carbonyl (C=O) groups is 1. The topological polar surface area (TPSA) is 85.3 Å². The molecule has 0 atom stereocenters. The molecule has 11 heteroatoms. The molecule has 0 spiro atoms. The fourth-order valence-corrected chi connectivity index (χ4v) is 3.17. The summed E-state index contributed by atoms with van der Waals surface area (Å²) in [4.78, 5) is 12.1. The Morgan fingerprint density at radius 1 is 1.10 bits per heavy atom. The van der Waals surface area contributed by atoms with Gasteiger partial charge in [0.15, 0.2) is 11.4 Å². The lowest BCUT2D eigenvalue weighted by molar-refractivity contribution is -0.137. The van der Waals surface area contributed by atoms with Crippen LogP contribution in [0.2, 0.25) is 0 Å². The molecule has 0 aliphatic rings. The van der Waals surface area contributed by atoms with Gasteiger partial charge in [-0.05, 0) is 48.5 Å². The number of fused-ring (bicyclic) bond motifs is 1. The van der Waals surface area contributed by atoms with Gasteiger partial charge < -0.3 is 9.73 Å². The van der Waals surface area contributed by atoms with Crippen LogP contribution in [-0.2, 0) is 11.0 Å². The van der Waals surface area contributed by atoms with E-state index in [0.29, 0.717) is 22.3 Å². The van der Waals surface area contributed by atoms with Crippen molar-refractivity contribution in [1.82, 2.24) is 19.8 Å². The second kappa shape index (κ2) is 7.59. The highest BCUT2D eigenvalue weighted by Gasteiger charge is 2.30. The number of thioether (sulfide) groups is 1. The molecule has 1 aromatic carbocycles. The van der Waals surface area contributed by atoms with Crippen molar-refractivity contribution in [2.45, 2.75) is 11.3 Å². The van der Waals surface area contributed by atoms with Crippen molar-refractivity contribution in [3.05, 3.63) is 60.4 Å². The van der Waals surface area contributed by atoms with Crippen LogP contribution in [0.4, 0.5) is 18.9 Å². The number of furan rings is 1. The normalized spacial score (nSPS) is 11.7. The number of anilines is 1. The van der Waals surface area contributed by atoms with E-state index in [9.17, 15) is 18.0 Å². The smallest absolute Gasteiger partial charge is 0.416 e. The zero-order valence-corrected chi connectivity index (χ0v) is 15.4. The van der Waals surface area contributed by atoms with Gasteiger partial charge in [-0.25, -0.2) is 0 Å². The Hall–Kier alpha value is -3.34. The van der Waals surface area contributed by atoms with E-state index >= 15 is 0 Å². The number of benzene rings is 1. The third-order valence-corrected chi connectivity index (χ3v) is 4.76. The van der Waals surface area contributed by atoms with E-state index < -0.39 is 17.6 Å². The second-order valence-corrected chi connectivity index (χ2v) is 6.80. The molecule has 148 valence electrons. The summed E-state index contributed by atoms with van der Waals surface area (Å²) in [6, 6.07) is 11.2. The first-order valence-corrected chi connectivity index (χ1v) is 9.25. The summed E-state index contributed by atoms with van der Waals surface area (Å²) in [5.41, 5.74) is 0.579. The number of aromatic nitrogens is 4. The minimum Gasteiger partial charge on any atom is -0.463 e. The summed E-state index contributed by atoms with van der Waals surface area (Å²) in [6.45, 7) is 0. The summed E-state index contributed by atoms with van der Waals surface area (Å²) < 4.78 is 44.6. The molecule has 4 aromatic rings. The van der Waals surface area contributed by atoms with Crippen LogP contribution in [0.15, 0.2) is 64.4 Å². The molecule has 3 aromatic heterocycles. The van der Waals surface area contributed by atoms with Crippen LogP contribution >= 0.6 is 11.8 Å². The predicted octanol–water partition coefficient (Wildman–Crippen LogP) is 4.13. The highest BCUT2D eigenvalue weighted by atomic mass is 32.2. The maximum Gasteiger partial charge on any atom is 0.416 e. The van der Waals surface area contributed by atoms with Gasteiger partial charge in [0, 0.05) is 5.69 Å². The molecule has 7 nitrogen and oxygen atoms in total. The van der Waals surface area contributed by atoms with Gasteiger partial charge in [-0.1, -0.05) is 11.8 Å². The summed E-state index contributed by atoms with van der Waals surface area (Å²) in [5, 5.41) is 15.4. The van der Waals surface area contributed by atoms with Gasteiger partial charge in [-0.3, -0.25) is 4.79 Å². The van der Waals surface area contributed by atoms with Crippen LogP contribution in [0, 0.1) is 0 Å². The van der Waals surface area contributed by atoms with Crippen molar-refractivity contribution in [2.24, 2.45) is 0 Å². The van der Waals surface area contributed by atoms with Crippen LogP contribution in [-0.4, -0.2) is 31.5 Å². The fraction of sp³-hybridized carbons (Fsp3) is 0.111. The number of amides is 1. The summed E-state index contributed by atoms with van der Waals surface area (Å²) in [7, 11) is 0. The van der Waals surface area contributed by atoms with Gasteiger partial charge in [-0.2, -0.15) is 22.8 Å². The van der Waals surface area contributed by atoms with Gasteiger partial charge in [0.1, 0.15) is 5.69 Å². The van der Waals surface area contributed by atoms with Crippen molar-refractivity contribution in [1.29, 1.82) is 0 Å². The first kappa shape index (κ1) is 19.0. The number of carbonyl (C=O) groups excluding carboxylic acids is 1. The summed E-state index contributed by atoms with van der Waals surface area (Å²) >= 11 is 1.10. The summed E-state index contributed by atoms with van der Waals surface area (Å²) in [6.07, 6.45) is -2.89. The number of halogens is 3. The second-order valence-electron chi connectivity index (χ2n) is 5.86. The maximum atomic E-state index is 12.6. The Labute approximate surface area is 165 Å². The van der Waals surface area contributed by atoms with Crippen molar-refractivity contribution < 1.29 is 22.4 Å². The highest BCUT2D eigenvalue weighted by molar-refractivity contribution is 7.99. The molecule has 0 radical (unpaired) electrons. The molecule has 0 bridgehead atoms. The van der Waals surface area contributed by atoms with E-state index in [1.54, 1.807) is 24.3 Å². The van der Waals surface area contributed by atoms with Gasteiger partial charge in [0.25, 0.3) is 0 Å². The Balaban J connectivity index is 1.42. The average Bonchev–Trinajstić information content (AvgIpc) is 3.36. The number of hydrogen-bond acceptors (Lipinski definition) is 6. The third kappa shape index (κ3) is 4.24. The molecule has 29 heavy (non-hydrogen) atoms. The Kier molecular flexibility index (Phi) is 4.97. The standard InChI is InChI=1S/C18H12F3N5O2S/c19-18(20,21)11-3-5-12(6-4-11)22-16(27)10-29-17-24-23-15-8-7-13(25-26(15)17)14-2-1-9-28-14/h1-9H,10H2,(H,22,27). The molecule has 0 saturated carbocycles. The number of rotatable bonds is 5. The molecule has 1 amide bonds. The van der Waals surface area contributed by atoms with Gasteiger partial charge in [0.05, 0.1) is 17.6 Å². The Morgan fingerprint density at radius 2 is 1.90 bits per heavy atom. The van der Waals surface area contributed by atoms with Crippen LogP contribution in [0.5, 0.6) is 0 Å².